The number of hydrogen-bond donors (Lipinski definition) is 1. The molecule has 2 aliphatic rings. The highest BCUT2D eigenvalue weighted by molar-refractivity contribution is 8.00. The third-order valence-electron chi connectivity index (χ3n) is 4.12. The Hall–Kier alpha value is -0.740. The van der Waals surface area contributed by atoms with Gasteiger partial charge in [0, 0.05) is 28.3 Å². The number of aryl methyl sites for hydroxylation is 1. The summed E-state index contributed by atoms with van der Waals surface area (Å²) in [7, 11) is 1.62. The van der Waals surface area contributed by atoms with Crippen molar-refractivity contribution in [3.63, 3.8) is 0 Å². The molecular formula is C14H19NO2S. The maximum absolute atomic E-state index is 11.0. The van der Waals surface area contributed by atoms with Crippen molar-refractivity contribution in [2.24, 2.45) is 0 Å². The van der Waals surface area contributed by atoms with Crippen molar-refractivity contribution in [3.8, 4) is 5.88 Å². The van der Waals surface area contributed by atoms with Crippen molar-refractivity contribution < 1.29 is 9.84 Å². The minimum Gasteiger partial charge on any atom is -0.481 e. The van der Waals surface area contributed by atoms with Crippen LogP contribution < -0.4 is 4.74 Å². The number of fused-ring (bicyclic) bond motifs is 2. The van der Waals surface area contributed by atoms with E-state index in [1.807, 2.05) is 13.0 Å². The Kier molecular flexibility index (Phi) is 3.02. The standard InChI is InChI=1S/C14H19NO2S/c1-9-5-13(17-2)15-8-12(9)14(16)6-10-3-4-11(7-14)18-10/h5,8,10-11,16H,3-4,6-7H2,1-2H3. The van der Waals surface area contributed by atoms with E-state index >= 15 is 0 Å². The number of ether oxygens (including phenoxy) is 1. The monoisotopic (exact) mass is 265 g/mol. The maximum Gasteiger partial charge on any atom is 0.213 e. The average molecular weight is 265 g/mol. The SMILES string of the molecule is COc1cc(C)c(C2(O)CC3CCC(C2)S3)cn1. The Balaban J connectivity index is 1.94. The fraction of sp³-hybridized carbons (Fsp3) is 0.643. The zero-order chi connectivity index (χ0) is 12.8. The predicted octanol–water partition coefficient (Wildman–Crippen LogP) is 2.64. The molecule has 3 nitrogen and oxygen atoms in total. The van der Waals surface area contributed by atoms with Gasteiger partial charge in [0.25, 0.3) is 0 Å². The van der Waals surface area contributed by atoms with Crippen LogP contribution in [0.1, 0.15) is 36.8 Å². The van der Waals surface area contributed by atoms with Crippen molar-refractivity contribution in [1.29, 1.82) is 0 Å². The number of thioether (sulfide) groups is 1. The zero-order valence-corrected chi connectivity index (χ0v) is 11.7. The van der Waals surface area contributed by atoms with Crippen LogP contribution in [0.2, 0.25) is 0 Å². The second-order valence-corrected chi connectivity index (χ2v) is 7.04. The van der Waals surface area contributed by atoms with Crippen LogP contribution in [0.3, 0.4) is 0 Å². The molecule has 2 fully saturated rings. The van der Waals surface area contributed by atoms with Gasteiger partial charge in [-0.15, -0.1) is 0 Å². The first-order chi connectivity index (χ1) is 8.60. The average Bonchev–Trinajstić information content (AvgIpc) is 2.68. The van der Waals surface area contributed by atoms with E-state index in [1.165, 1.54) is 12.8 Å². The number of methoxy groups -OCH3 is 1. The molecule has 2 bridgehead atoms. The Labute approximate surface area is 112 Å². The van der Waals surface area contributed by atoms with Gasteiger partial charge in [-0.3, -0.25) is 0 Å². The van der Waals surface area contributed by atoms with Gasteiger partial charge in [-0.2, -0.15) is 11.8 Å². The lowest BCUT2D eigenvalue weighted by Gasteiger charge is -2.37. The van der Waals surface area contributed by atoms with Crippen LogP contribution in [0.25, 0.3) is 0 Å². The second-order valence-electron chi connectivity index (χ2n) is 5.44. The lowest BCUT2D eigenvalue weighted by Crippen LogP contribution is -2.35. The molecule has 2 atom stereocenters. The summed E-state index contributed by atoms with van der Waals surface area (Å²) in [6.07, 6.45) is 6.02. The van der Waals surface area contributed by atoms with Gasteiger partial charge in [-0.05, 0) is 38.2 Å². The number of aromatic nitrogens is 1. The quantitative estimate of drug-likeness (QED) is 0.892. The van der Waals surface area contributed by atoms with Gasteiger partial charge >= 0.3 is 0 Å². The van der Waals surface area contributed by atoms with Crippen LogP contribution in [0.15, 0.2) is 12.3 Å². The molecule has 0 spiro atoms. The lowest BCUT2D eigenvalue weighted by molar-refractivity contribution is 0.0186. The molecule has 3 rings (SSSR count). The van der Waals surface area contributed by atoms with Crippen LogP contribution in [0.5, 0.6) is 5.88 Å². The molecule has 0 radical (unpaired) electrons. The van der Waals surface area contributed by atoms with Crippen LogP contribution in [0.4, 0.5) is 0 Å². The van der Waals surface area contributed by atoms with E-state index in [-0.39, 0.29) is 0 Å². The number of rotatable bonds is 2. The summed E-state index contributed by atoms with van der Waals surface area (Å²) in [6, 6.07) is 1.91. The molecule has 0 saturated carbocycles. The molecule has 2 saturated heterocycles. The van der Waals surface area contributed by atoms with Gasteiger partial charge in [0.1, 0.15) is 0 Å². The number of pyridine rings is 1. The summed E-state index contributed by atoms with van der Waals surface area (Å²) in [6.45, 7) is 2.03. The highest BCUT2D eigenvalue weighted by Crippen LogP contribution is 2.51. The highest BCUT2D eigenvalue weighted by Gasteiger charge is 2.45. The maximum atomic E-state index is 11.0. The Morgan fingerprint density at radius 1 is 1.39 bits per heavy atom. The fourth-order valence-corrected chi connectivity index (χ4v) is 5.10. The molecule has 2 unspecified atom stereocenters. The van der Waals surface area contributed by atoms with Crippen molar-refractivity contribution in [3.05, 3.63) is 23.4 Å². The van der Waals surface area contributed by atoms with Crippen molar-refractivity contribution in [1.82, 2.24) is 4.98 Å². The van der Waals surface area contributed by atoms with Gasteiger partial charge in [-0.1, -0.05) is 0 Å². The number of hydrogen-bond acceptors (Lipinski definition) is 4. The van der Waals surface area contributed by atoms with Crippen molar-refractivity contribution >= 4 is 11.8 Å². The van der Waals surface area contributed by atoms with E-state index in [1.54, 1.807) is 13.3 Å². The topological polar surface area (TPSA) is 42.4 Å². The molecule has 98 valence electrons. The molecule has 3 heterocycles. The van der Waals surface area contributed by atoms with Crippen LogP contribution in [0, 0.1) is 6.92 Å². The van der Waals surface area contributed by atoms with Gasteiger partial charge in [0.15, 0.2) is 0 Å². The molecule has 0 aromatic carbocycles. The van der Waals surface area contributed by atoms with E-state index < -0.39 is 5.60 Å². The highest BCUT2D eigenvalue weighted by atomic mass is 32.2. The first kappa shape index (κ1) is 12.3. The van der Waals surface area contributed by atoms with Crippen molar-refractivity contribution in [2.45, 2.75) is 48.7 Å². The molecule has 1 aromatic heterocycles. The van der Waals surface area contributed by atoms with Gasteiger partial charge < -0.3 is 9.84 Å². The molecule has 0 aliphatic carbocycles. The summed E-state index contributed by atoms with van der Waals surface area (Å²) < 4.78 is 5.13. The largest absolute Gasteiger partial charge is 0.481 e. The Morgan fingerprint density at radius 3 is 2.61 bits per heavy atom. The first-order valence-electron chi connectivity index (χ1n) is 6.50. The zero-order valence-electron chi connectivity index (χ0n) is 10.8. The summed E-state index contributed by atoms with van der Waals surface area (Å²) >= 11 is 2.06. The Bertz CT molecular complexity index is 451. The minimum absolute atomic E-state index is 0.619. The number of aliphatic hydroxyl groups is 1. The molecular weight excluding hydrogens is 246 g/mol. The minimum atomic E-state index is -0.680. The van der Waals surface area contributed by atoms with E-state index in [9.17, 15) is 5.11 Å². The van der Waals surface area contributed by atoms with Gasteiger partial charge in [0.05, 0.1) is 12.7 Å². The lowest BCUT2D eigenvalue weighted by atomic mass is 9.84. The van der Waals surface area contributed by atoms with Crippen LogP contribution in [-0.4, -0.2) is 27.7 Å². The molecule has 0 amide bonds. The van der Waals surface area contributed by atoms with E-state index in [0.717, 1.165) is 24.0 Å². The summed E-state index contributed by atoms with van der Waals surface area (Å²) in [5.41, 5.74) is 1.39. The van der Waals surface area contributed by atoms with Crippen LogP contribution in [-0.2, 0) is 5.60 Å². The summed E-state index contributed by atoms with van der Waals surface area (Å²) in [5, 5.41) is 12.2. The summed E-state index contributed by atoms with van der Waals surface area (Å²) in [4.78, 5) is 4.26. The van der Waals surface area contributed by atoms with E-state index in [0.29, 0.717) is 16.4 Å². The fourth-order valence-electron chi connectivity index (χ4n) is 3.27. The Morgan fingerprint density at radius 2 is 2.06 bits per heavy atom. The normalized spacial score (nSPS) is 34.6. The van der Waals surface area contributed by atoms with E-state index in [4.69, 9.17) is 4.74 Å². The molecule has 4 heteroatoms. The van der Waals surface area contributed by atoms with Crippen LogP contribution >= 0.6 is 11.8 Å². The molecule has 1 N–H and O–H groups in total. The summed E-state index contributed by atoms with van der Waals surface area (Å²) in [5.74, 6) is 0.619. The van der Waals surface area contributed by atoms with Gasteiger partial charge in [-0.25, -0.2) is 4.98 Å². The molecule has 2 aliphatic heterocycles. The second kappa shape index (κ2) is 4.42. The third-order valence-corrected chi connectivity index (χ3v) is 5.70. The molecule has 1 aromatic rings. The van der Waals surface area contributed by atoms with Crippen molar-refractivity contribution in [2.75, 3.05) is 7.11 Å². The smallest absolute Gasteiger partial charge is 0.213 e. The third kappa shape index (κ3) is 2.01. The number of nitrogens with zero attached hydrogens (tertiary/aromatic N) is 1. The molecule has 18 heavy (non-hydrogen) atoms. The predicted molar refractivity (Wildman–Crippen MR) is 73.1 cm³/mol. The van der Waals surface area contributed by atoms with Gasteiger partial charge in [0.2, 0.25) is 5.88 Å². The first-order valence-corrected chi connectivity index (χ1v) is 7.44. The van der Waals surface area contributed by atoms with E-state index in [2.05, 4.69) is 16.7 Å².